The largest absolute Gasteiger partial charge is 0 e. The van der Waals surface area contributed by atoms with Crippen molar-refractivity contribution in [1.82, 2.24) is 0 Å². The fourth-order valence-corrected chi connectivity index (χ4v) is 12.8. The van der Waals surface area contributed by atoms with Crippen LogP contribution in [-0.4, -0.2) is 46.9 Å². The van der Waals surface area contributed by atoms with E-state index in [0.717, 1.165) is 0 Å². The molecule has 0 N–H and O–H groups in total. The molecule has 0 unspecified atom stereocenters. The van der Waals surface area contributed by atoms with Crippen LogP contribution in [0.3, 0.4) is 0 Å². The van der Waals surface area contributed by atoms with Crippen molar-refractivity contribution in [1.29, 1.82) is 0 Å². The van der Waals surface area contributed by atoms with E-state index in [1.807, 2.05) is 27.2 Å². The van der Waals surface area contributed by atoms with Gasteiger partial charge in [-0.05, 0) is 0 Å². The molecule has 0 aliphatic rings. The molecule has 0 aliphatic carbocycles. The SMILES string of the molecule is C=O.C=O.C=O.C=O.CCC[CH2][SnH]([CH2]CCC)[CH2]CCC.[Co]. The van der Waals surface area contributed by atoms with E-state index in [1.54, 1.807) is 13.3 Å². The first-order chi connectivity index (χ1) is 10.3. The van der Waals surface area contributed by atoms with E-state index in [0.29, 0.717) is 0 Å². The Labute approximate surface area is 155 Å². The van der Waals surface area contributed by atoms with Gasteiger partial charge in [-0.15, -0.1) is 0 Å². The summed E-state index contributed by atoms with van der Waals surface area (Å²) >= 11 is -0.967. The number of carbonyl (C=O) groups is 4. The van der Waals surface area contributed by atoms with Gasteiger partial charge in [0.15, 0.2) is 0 Å². The Kier molecular flexibility index (Phi) is 100. The van der Waals surface area contributed by atoms with Crippen LogP contribution in [0.2, 0.25) is 13.3 Å². The summed E-state index contributed by atoms with van der Waals surface area (Å²) in [5.74, 6) is 0. The minimum absolute atomic E-state index is 0. The number of carbonyl (C=O) groups excluding carboxylic acids is 4. The summed E-state index contributed by atoms with van der Waals surface area (Å²) in [5, 5.41) is 0. The molecule has 1 radical (unpaired) electrons. The van der Waals surface area contributed by atoms with Gasteiger partial charge in [0.25, 0.3) is 0 Å². The first-order valence-electron chi connectivity index (χ1n) is 7.50. The Morgan fingerprint density at radius 1 is 0.545 bits per heavy atom. The minimum Gasteiger partial charge on any atom is 0 e. The number of hydrogen-bond acceptors (Lipinski definition) is 4. The summed E-state index contributed by atoms with van der Waals surface area (Å²) < 4.78 is 5.08. The molecule has 0 amide bonds. The summed E-state index contributed by atoms with van der Waals surface area (Å²) in [4.78, 5) is 32.0. The molecule has 0 aromatic heterocycles. The van der Waals surface area contributed by atoms with Crippen LogP contribution in [0, 0.1) is 0 Å². The summed E-state index contributed by atoms with van der Waals surface area (Å²) in [6.07, 6.45) is 8.87. The van der Waals surface area contributed by atoms with E-state index in [-0.39, 0.29) is 16.8 Å². The normalized spacial score (nSPS) is 7.27. The Morgan fingerprint density at radius 3 is 0.864 bits per heavy atom. The number of hydrogen-bond donors (Lipinski definition) is 0. The van der Waals surface area contributed by atoms with Crippen molar-refractivity contribution in [2.24, 2.45) is 0 Å². The first-order valence-corrected chi connectivity index (χ1v) is 14.5. The molecule has 0 aliphatic heterocycles. The molecule has 0 atom stereocenters. The van der Waals surface area contributed by atoms with Crippen molar-refractivity contribution in [3.05, 3.63) is 0 Å². The second-order valence-electron chi connectivity index (χ2n) is 4.29. The molecule has 137 valence electrons. The Morgan fingerprint density at radius 2 is 0.727 bits per heavy atom. The molecule has 0 rings (SSSR count). The summed E-state index contributed by atoms with van der Waals surface area (Å²) in [6.45, 7) is 15.0. The Hall–Kier alpha value is -0.0148. The molecule has 0 heterocycles. The maximum atomic E-state index is 8.00. The third-order valence-corrected chi connectivity index (χ3v) is 13.4. The third kappa shape index (κ3) is 50.1. The Balaban J connectivity index is -0.0000000613. The van der Waals surface area contributed by atoms with Crippen LogP contribution in [0.25, 0.3) is 0 Å². The standard InChI is InChI=1S/3C4H9.4CH2O.Co.Sn.H/c3*1-3-4-2;4*1-2;;;/h3*1,3-4H2,2H3;4*1H2;;;. The van der Waals surface area contributed by atoms with E-state index >= 15 is 0 Å². The van der Waals surface area contributed by atoms with Crippen LogP contribution in [-0.2, 0) is 36.0 Å². The van der Waals surface area contributed by atoms with Crippen LogP contribution in [0.15, 0.2) is 0 Å². The van der Waals surface area contributed by atoms with Gasteiger partial charge in [0, 0.05) is 16.8 Å². The van der Waals surface area contributed by atoms with Crippen molar-refractivity contribution >= 4 is 46.9 Å². The number of unbranched alkanes of at least 4 members (excludes halogenated alkanes) is 3. The van der Waals surface area contributed by atoms with E-state index in [4.69, 9.17) is 19.2 Å². The van der Waals surface area contributed by atoms with E-state index in [1.165, 1.54) is 38.5 Å². The molecule has 0 aromatic carbocycles. The second kappa shape index (κ2) is 58.3. The first kappa shape index (κ1) is 37.9. The smallest absolute Gasteiger partial charge is 0 e. The zero-order valence-corrected chi connectivity index (χ0v) is 19.1. The van der Waals surface area contributed by atoms with Crippen LogP contribution >= 0.6 is 0 Å². The summed E-state index contributed by atoms with van der Waals surface area (Å²) in [7, 11) is 0. The molecule has 0 bridgehead atoms. The van der Waals surface area contributed by atoms with Crippen molar-refractivity contribution in [2.45, 2.75) is 72.6 Å². The quantitative estimate of drug-likeness (QED) is 0.480. The molecular formula is C16H36CoO4Sn. The topological polar surface area (TPSA) is 68.3 Å². The fourth-order valence-electron chi connectivity index (χ4n) is 1.91. The summed E-state index contributed by atoms with van der Waals surface area (Å²) in [6, 6.07) is 0. The van der Waals surface area contributed by atoms with Crippen LogP contribution in [0.5, 0.6) is 0 Å². The second-order valence-corrected chi connectivity index (χ2v) is 14.2. The van der Waals surface area contributed by atoms with Gasteiger partial charge in [-0.25, -0.2) is 0 Å². The van der Waals surface area contributed by atoms with Gasteiger partial charge in [-0.1, -0.05) is 0 Å². The maximum Gasteiger partial charge on any atom is 0 e. The number of rotatable bonds is 9. The minimum atomic E-state index is -0.967. The van der Waals surface area contributed by atoms with Gasteiger partial charge in [0.05, 0.1) is 0 Å². The molecule has 22 heavy (non-hydrogen) atoms. The molecular weight excluding hydrogens is 434 g/mol. The van der Waals surface area contributed by atoms with Gasteiger partial charge >= 0.3 is 92.4 Å². The zero-order chi connectivity index (χ0) is 17.9. The predicted molar refractivity (Wildman–Crippen MR) is 94.8 cm³/mol. The van der Waals surface area contributed by atoms with Gasteiger partial charge in [0.1, 0.15) is 27.2 Å². The van der Waals surface area contributed by atoms with Crippen LogP contribution in [0.1, 0.15) is 59.3 Å². The fraction of sp³-hybridized carbons (Fsp3) is 0.750. The molecule has 0 aromatic rings. The predicted octanol–water partition coefficient (Wildman–Crippen LogP) is 3.87. The van der Waals surface area contributed by atoms with Gasteiger partial charge < -0.3 is 19.2 Å². The molecule has 0 spiro atoms. The van der Waals surface area contributed by atoms with E-state index < -0.39 is 19.8 Å². The van der Waals surface area contributed by atoms with Crippen molar-refractivity contribution in [2.75, 3.05) is 0 Å². The van der Waals surface area contributed by atoms with E-state index in [2.05, 4.69) is 20.8 Å². The van der Waals surface area contributed by atoms with Crippen molar-refractivity contribution in [3.63, 3.8) is 0 Å². The Bertz CT molecular complexity index is 127. The van der Waals surface area contributed by atoms with Gasteiger partial charge in [-0.3, -0.25) is 0 Å². The van der Waals surface area contributed by atoms with Crippen LogP contribution < -0.4 is 0 Å². The molecule has 0 fully saturated rings. The zero-order valence-electron chi connectivity index (χ0n) is 14.7. The van der Waals surface area contributed by atoms with Crippen LogP contribution in [0.4, 0.5) is 0 Å². The molecule has 0 saturated heterocycles. The van der Waals surface area contributed by atoms with Crippen molar-refractivity contribution < 1.29 is 36.0 Å². The molecule has 6 heteroatoms. The van der Waals surface area contributed by atoms with Gasteiger partial charge in [-0.2, -0.15) is 0 Å². The average molecular weight is 470 g/mol. The molecule has 0 saturated carbocycles. The average Bonchev–Trinajstić information content (AvgIpc) is 2.61. The summed E-state index contributed by atoms with van der Waals surface area (Å²) in [5.41, 5.74) is 0. The third-order valence-electron chi connectivity index (χ3n) is 2.90. The van der Waals surface area contributed by atoms with E-state index in [9.17, 15) is 0 Å². The van der Waals surface area contributed by atoms with Crippen molar-refractivity contribution in [3.8, 4) is 0 Å². The maximum absolute atomic E-state index is 8.00. The molecule has 4 nitrogen and oxygen atoms in total. The van der Waals surface area contributed by atoms with Gasteiger partial charge in [0.2, 0.25) is 0 Å². The monoisotopic (exact) mass is 471 g/mol.